The lowest BCUT2D eigenvalue weighted by molar-refractivity contribution is -0.133. The SMILES string of the molecule is O=C(Cn1ccnc1)N1CCC[C@@H](c2ncc(Cc3cccc(Cl)c3)o2)C1. The van der Waals surface area contributed by atoms with Crippen LogP contribution in [0.25, 0.3) is 0 Å². The first-order chi connectivity index (χ1) is 13.2. The fourth-order valence-electron chi connectivity index (χ4n) is 3.48. The molecule has 3 aromatic rings. The highest BCUT2D eigenvalue weighted by Crippen LogP contribution is 2.27. The number of imidazole rings is 1. The lowest BCUT2D eigenvalue weighted by Gasteiger charge is -2.31. The minimum atomic E-state index is 0.100. The van der Waals surface area contributed by atoms with Crippen LogP contribution in [-0.2, 0) is 17.8 Å². The van der Waals surface area contributed by atoms with E-state index in [4.69, 9.17) is 16.0 Å². The van der Waals surface area contributed by atoms with E-state index >= 15 is 0 Å². The first-order valence-electron chi connectivity index (χ1n) is 9.10. The molecule has 1 aromatic carbocycles. The van der Waals surface area contributed by atoms with Crippen molar-refractivity contribution in [3.8, 4) is 0 Å². The van der Waals surface area contributed by atoms with Crippen molar-refractivity contribution in [1.29, 1.82) is 0 Å². The molecule has 4 rings (SSSR count). The summed E-state index contributed by atoms with van der Waals surface area (Å²) in [6, 6.07) is 7.74. The summed E-state index contributed by atoms with van der Waals surface area (Å²) in [5.41, 5.74) is 1.09. The van der Waals surface area contributed by atoms with Gasteiger partial charge in [-0.15, -0.1) is 0 Å². The molecule has 27 heavy (non-hydrogen) atoms. The van der Waals surface area contributed by atoms with E-state index in [1.807, 2.05) is 29.2 Å². The number of benzene rings is 1. The smallest absolute Gasteiger partial charge is 0.242 e. The molecule has 140 valence electrons. The first kappa shape index (κ1) is 17.8. The fraction of sp³-hybridized carbons (Fsp3) is 0.350. The number of amides is 1. The fourth-order valence-corrected chi connectivity index (χ4v) is 3.70. The van der Waals surface area contributed by atoms with Crippen molar-refractivity contribution in [2.75, 3.05) is 13.1 Å². The van der Waals surface area contributed by atoms with Gasteiger partial charge in [0.1, 0.15) is 12.3 Å². The maximum absolute atomic E-state index is 12.5. The number of rotatable bonds is 5. The number of nitrogens with zero attached hydrogens (tertiary/aromatic N) is 4. The molecule has 0 bridgehead atoms. The molecular formula is C20H21ClN4O2. The van der Waals surface area contributed by atoms with Gasteiger partial charge < -0.3 is 13.9 Å². The molecule has 7 heteroatoms. The zero-order valence-electron chi connectivity index (χ0n) is 14.9. The Morgan fingerprint density at radius 1 is 1.37 bits per heavy atom. The van der Waals surface area contributed by atoms with Crippen LogP contribution in [-0.4, -0.2) is 38.4 Å². The van der Waals surface area contributed by atoms with Crippen LogP contribution in [0, 0.1) is 0 Å². The molecule has 1 amide bonds. The van der Waals surface area contributed by atoms with Gasteiger partial charge in [-0.3, -0.25) is 4.79 Å². The van der Waals surface area contributed by atoms with Gasteiger partial charge in [-0.1, -0.05) is 23.7 Å². The van der Waals surface area contributed by atoms with Crippen molar-refractivity contribution in [1.82, 2.24) is 19.4 Å². The number of hydrogen-bond acceptors (Lipinski definition) is 4. The summed E-state index contributed by atoms with van der Waals surface area (Å²) in [4.78, 5) is 22.9. The van der Waals surface area contributed by atoms with E-state index in [-0.39, 0.29) is 11.8 Å². The van der Waals surface area contributed by atoms with Gasteiger partial charge in [0.25, 0.3) is 0 Å². The van der Waals surface area contributed by atoms with Crippen LogP contribution in [0.15, 0.2) is 53.6 Å². The number of likely N-dealkylation sites (tertiary alicyclic amines) is 1. The minimum absolute atomic E-state index is 0.100. The number of oxazole rings is 1. The van der Waals surface area contributed by atoms with E-state index in [1.54, 1.807) is 29.5 Å². The molecule has 0 aliphatic carbocycles. The monoisotopic (exact) mass is 384 g/mol. The minimum Gasteiger partial charge on any atom is -0.445 e. The van der Waals surface area contributed by atoms with Gasteiger partial charge in [0, 0.05) is 36.9 Å². The summed E-state index contributed by atoms with van der Waals surface area (Å²) < 4.78 is 7.79. The standard InChI is InChI=1S/C20H21ClN4O2/c21-17-5-1-3-15(9-17)10-18-11-23-20(27-18)16-4-2-7-25(12-16)19(26)13-24-8-6-22-14-24/h1,3,5-6,8-9,11,14,16H,2,4,7,10,12-13H2/t16-/m1/s1. The molecule has 0 radical (unpaired) electrons. The van der Waals surface area contributed by atoms with Gasteiger partial charge in [0.05, 0.1) is 18.4 Å². The van der Waals surface area contributed by atoms with Crippen LogP contribution in [0.3, 0.4) is 0 Å². The van der Waals surface area contributed by atoms with Gasteiger partial charge in [0.2, 0.25) is 5.91 Å². The summed E-state index contributed by atoms with van der Waals surface area (Å²) in [6.07, 6.45) is 9.51. The molecule has 1 atom stereocenters. The van der Waals surface area contributed by atoms with Crippen LogP contribution in [0.5, 0.6) is 0 Å². The molecule has 1 fully saturated rings. The van der Waals surface area contributed by atoms with E-state index in [1.165, 1.54) is 0 Å². The number of carbonyl (C=O) groups is 1. The Morgan fingerprint density at radius 3 is 3.11 bits per heavy atom. The number of piperidine rings is 1. The second-order valence-electron chi connectivity index (χ2n) is 6.89. The topological polar surface area (TPSA) is 64.2 Å². The summed E-state index contributed by atoms with van der Waals surface area (Å²) in [7, 11) is 0. The van der Waals surface area contributed by atoms with Gasteiger partial charge in [-0.2, -0.15) is 0 Å². The van der Waals surface area contributed by atoms with Gasteiger partial charge in [-0.25, -0.2) is 9.97 Å². The molecule has 1 saturated heterocycles. The predicted molar refractivity (Wildman–Crippen MR) is 102 cm³/mol. The van der Waals surface area contributed by atoms with E-state index in [0.29, 0.717) is 30.4 Å². The van der Waals surface area contributed by atoms with E-state index < -0.39 is 0 Å². The summed E-state index contributed by atoms with van der Waals surface area (Å²) in [6.45, 7) is 1.74. The Labute approximate surface area is 162 Å². The first-order valence-corrected chi connectivity index (χ1v) is 9.48. The highest BCUT2D eigenvalue weighted by atomic mass is 35.5. The summed E-state index contributed by atoms with van der Waals surface area (Å²) >= 11 is 6.05. The Bertz CT molecular complexity index is 906. The van der Waals surface area contributed by atoms with Crippen molar-refractivity contribution >= 4 is 17.5 Å². The average Bonchev–Trinajstić information content (AvgIpc) is 3.34. The van der Waals surface area contributed by atoms with Crippen LogP contribution >= 0.6 is 11.6 Å². The average molecular weight is 385 g/mol. The molecular weight excluding hydrogens is 364 g/mol. The third-order valence-electron chi connectivity index (χ3n) is 4.84. The maximum atomic E-state index is 12.5. The molecule has 3 heterocycles. The number of halogens is 1. The Hall–Kier alpha value is -2.60. The Morgan fingerprint density at radius 2 is 2.30 bits per heavy atom. The van der Waals surface area contributed by atoms with Crippen molar-refractivity contribution in [2.45, 2.75) is 31.7 Å². The Balaban J connectivity index is 1.39. The van der Waals surface area contributed by atoms with Gasteiger partial charge in [0.15, 0.2) is 5.89 Å². The molecule has 6 nitrogen and oxygen atoms in total. The van der Waals surface area contributed by atoms with Crippen molar-refractivity contribution in [3.05, 3.63) is 71.4 Å². The second-order valence-corrected chi connectivity index (χ2v) is 7.32. The summed E-state index contributed by atoms with van der Waals surface area (Å²) in [5.74, 6) is 1.77. The van der Waals surface area contributed by atoms with Crippen LogP contribution < -0.4 is 0 Å². The normalized spacial score (nSPS) is 17.2. The van der Waals surface area contributed by atoms with Gasteiger partial charge in [-0.05, 0) is 30.5 Å². The van der Waals surface area contributed by atoms with Crippen molar-refractivity contribution < 1.29 is 9.21 Å². The Kier molecular flexibility index (Phi) is 5.25. The van der Waals surface area contributed by atoms with Crippen LogP contribution in [0.1, 0.15) is 36.0 Å². The van der Waals surface area contributed by atoms with Crippen molar-refractivity contribution in [2.24, 2.45) is 0 Å². The lowest BCUT2D eigenvalue weighted by Crippen LogP contribution is -2.40. The highest BCUT2D eigenvalue weighted by molar-refractivity contribution is 6.30. The zero-order valence-corrected chi connectivity index (χ0v) is 15.7. The predicted octanol–water partition coefficient (Wildman–Crippen LogP) is 3.52. The number of aromatic nitrogens is 3. The molecule has 0 saturated carbocycles. The third-order valence-corrected chi connectivity index (χ3v) is 5.07. The molecule has 0 spiro atoms. The summed E-state index contributed by atoms with van der Waals surface area (Å²) in [5, 5.41) is 0.714. The van der Waals surface area contributed by atoms with E-state index in [0.717, 1.165) is 30.7 Å². The van der Waals surface area contributed by atoms with Crippen LogP contribution in [0.4, 0.5) is 0 Å². The maximum Gasteiger partial charge on any atom is 0.242 e. The zero-order chi connectivity index (χ0) is 18.6. The largest absolute Gasteiger partial charge is 0.445 e. The van der Waals surface area contributed by atoms with Gasteiger partial charge >= 0.3 is 0 Å². The highest BCUT2D eigenvalue weighted by Gasteiger charge is 2.27. The van der Waals surface area contributed by atoms with Crippen LogP contribution in [0.2, 0.25) is 5.02 Å². The molecule has 2 aromatic heterocycles. The molecule has 1 aliphatic rings. The number of carbonyl (C=O) groups excluding carboxylic acids is 1. The number of hydrogen-bond donors (Lipinski definition) is 0. The third kappa shape index (κ3) is 4.39. The van der Waals surface area contributed by atoms with E-state index in [9.17, 15) is 4.79 Å². The molecule has 1 aliphatic heterocycles. The molecule has 0 N–H and O–H groups in total. The molecule has 0 unspecified atom stereocenters. The van der Waals surface area contributed by atoms with Crippen molar-refractivity contribution in [3.63, 3.8) is 0 Å². The quantitative estimate of drug-likeness (QED) is 0.675. The lowest BCUT2D eigenvalue weighted by atomic mass is 9.98. The van der Waals surface area contributed by atoms with E-state index in [2.05, 4.69) is 9.97 Å². The second kappa shape index (κ2) is 7.96.